The molecule has 2 aromatic rings. The Kier molecular flexibility index (Phi) is 5.50. The molecule has 0 spiro atoms. The number of aromatic nitrogens is 2. The van der Waals surface area contributed by atoms with Crippen LogP contribution in [-0.2, 0) is 12.8 Å². The minimum absolute atomic E-state index is 0.557. The maximum atomic E-state index is 4.05. The zero-order valence-corrected chi connectivity index (χ0v) is 11.4. The highest BCUT2D eigenvalue weighted by atomic mass is 14.9. The van der Waals surface area contributed by atoms with Crippen molar-refractivity contribution in [3.8, 4) is 0 Å². The van der Waals surface area contributed by atoms with Crippen molar-refractivity contribution in [2.75, 3.05) is 7.05 Å². The average molecular weight is 255 g/mol. The van der Waals surface area contributed by atoms with E-state index >= 15 is 0 Å². The van der Waals surface area contributed by atoms with Gasteiger partial charge >= 0.3 is 0 Å². The zero-order valence-electron chi connectivity index (χ0n) is 11.4. The first-order chi connectivity index (χ1) is 9.38. The lowest BCUT2D eigenvalue weighted by Gasteiger charge is -2.16. The molecule has 0 saturated heterocycles. The summed E-state index contributed by atoms with van der Waals surface area (Å²) in [7, 11) is 2.05. The standard InChI is InChI=1S/C16H21N3/c1-17-16(4-2-14-6-10-18-11-7-14)5-3-15-8-12-19-13-9-15/h6-13,16-17H,2-5H2,1H3. The maximum Gasteiger partial charge on any atom is 0.0270 e. The predicted octanol–water partition coefficient (Wildman–Crippen LogP) is 2.63. The zero-order chi connectivity index (χ0) is 13.3. The van der Waals surface area contributed by atoms with Gasteiger partial charge in [0, 0.05) is 30.8 Å². The Bertz CT molecular complexity index is 412. The molecule has 3 heteroatoms. The van der Waals surface area contributed by atoms with Crippen molar-refractivity contribution in [2.24, 2.45) is 0 Å². The summed E-state index contributed by atoms with van der Waals surface area (Å²) in [4.78, 5) is 8.09. The van der Waals surface area contributed by atoms with E-state index in [0.29, 0.717) is 6.04 Å². The number of hydrogen-bond acceptors (Lipinski definition) is 3. The first-order valence-corrected chi connectivity index (χ1v) is 6.83. The van der Waals surface area contributed by atoms with E-state index in [4.69, 9.17) is 0 Å². The Morgan fingerprint density at radius 2 is 1.26 bits per heavy atom. The topological polar surface area (TPSA) is 37.8 Å². The third-order valence-electron chi connectivity index (χ3n) is 3.47. The highest BCUT2D eigenvalue weighted by molar-refractivity contribution is 5.11. The van der Waals surface area contributed by atoms with Crippen LogP contribution in [0.4, 0.5) is 0 Å². The normalized spacial score (nSPS) is 10.8. The SMILES string of the molecule is CNC(CCc1ccncc1)CCc1ccncc1. The van der Waals surface area contributed by atoms with Crippen LogP contribution in [0.15, 0.2) is 49.1 Å². The molecule has 0 unspecified atom stereocenters. The van der Waals surface area contributed by atoms with E-state index in [1.807, 2.05) is 31.8 Å². The minimum Gasteiger partial charge on any atom is -0.317 e. The van der Waals surface area contributed by atoms with E-state index < -0.39 is 0 Å². The Morgan fingerprint density at radius 3 is 1.63 bits per heavy atom. The molecule has 0 aliphatic carbocycles. The predicted molar refractivity (Wildman–Crippen MR) is 78.0 cm³/mol. The van der Waals surface area contributed by atoms with Crippen LogP contribution in [0.1, 0.15) is 24.0 Å². The lowest BCUT2D eigenvalue weighted by Crippen LogP contribution is -2.26. The van der Waals surface area contributed by atoms with Crippen LogP contribution in [0.2, 0.25) is 0 Å². The van der Waals surface area contributed by atoms with Crippen LogP contribution in [0.3, 0.4) is 0 Å². The fourth-order valence-corrected chi connectivity index (χ4v) is 2.21. The quantitative estimate of drug-likeness (QED) is 0.826. The van der Waals surface area contributed by atoms with Gasteiger partial charge in [-0.1, -0.05) is 0 Å². The van der Waals surface area contributed by atoms with Crippen LogP contribution in [-0.4, -0.2) is 23.1 Å². The highest BCUT2D eigenvalue weighted by Gasteiger charge is 2.06. The molecular formula is C16H21N3. The third kappa shape index (κ3) is 4.79. The molecule has 0 bridgehead atoms. The molecule has 0 atom stereocenters. The fraction of sp³-hybridized carbons (Fsp3) is 0.375. The smallest absolute Gasteiger partial charge is 0.0270 e. The summed E-state index contributed by atoms with van der Waals surface area (Å²) in [5.74, 6) is 0. The second-order valence-electron chi connectivity index (χ2n) is 4.77. The van der Waals surface area contributed by atoms with E-state index in [9.17, 15) is 0 Å². The molecule has 0 aromatic carbocycles. The summed E-state index contributed by atoms with van der Waals surface area (Å²) in [5, 5.41) is 3.41. The molecule has 19 heavy (non-hydrogen) atoms. The molecule has 100 valence electrons. The number of nitrogens with zero attached hydrogens (tertiary/aromatic N) is 2. The van der Waals surface area contributed by atoms with E-state index in [0.717, 1.165) is 25.7 Å². The van der Waals surface area contributed by atoms with E-state index in [-0.39, 0.29) is 0 Å². The number of pyridine rings is 2. The molecule has 0 saturated carbocycles. The van der Waals surface area contributed by atoms with Crippen molar-refractivity contribution < 1.29 is 0 Å². The van der Waals surface area contributed by atoms with Gasteiger partial charge in [-0.05, 0) is 68.1 Å². The molecule has 0 fully saturated rings. The lowest BCUT2D eigenvalue weighted by molar-refractivity contribution is 0.489. The Morgan fingerprint density at radius 1 is 0.842 bits per heavy atom. The maximum absolute atomic E-state index is 4.05. The highest BCUT2D eigenvalue weighted by Crippen LogP contribution is 2.09. The van der Waals surface area contributed by atoms with E-state index in [1.54, 1.807) is 0 Å². The van der Waals surface area contributed by atoms with Crippen LogP contribution in [0.25, 0.3) is 0 Å². The van der Waals surface area contributed by atoms with Gasteiger partial charge < -0.3 is 5.32 Å². The van der Waals surface area contributed by atoms with Crippen LogP contribution in [0.5, 0.6) is 0 Å². The van der Waals surface area contributed by atoms with Gasteiger partial charge in [0.05, 0.1) is 0 Å². The number of hydrogen-bond donors (Lipinski definition) is 1. The van der Waals surface area contributed by atoms with Crippen molar-refractivity contribution in [2.45, 2.75) is 31.7 Å². The van der Waals surface area contributed by atoms with Gasteiger partial charge in [-0.3, -0.25) is 9.97 Å². The summed E-state index contributed by atoms with van der Waals surface area (Å²) in [6.45, 7) is 0. The molecule has 1 N–H and O–H groups in total. The molecule has 2 heterocycles. The summed E-state index contributed by atoms with van der Waals surface area (Å²) in [5.41, 5.74) is 2.72. The van der Waals surface area contributed by atoms with Crippen molar-refractivity contribution in [3.63, 3.8) is 0 Å². The molecule has 2 aromatic heterocycles. The van der Waals surface area contributed by atoms with Gasteiger partial charge in [0.15, 0.2) is 0 Å². The van der Waals surface area contributed by atoms with Gasteiger partial charge in [0.25, 0.3) is 0 Å². The number of aryl methyl sites for hydroxylation is 2. The van der Waals surface area contributed by atoms with Crippen molar-refractivity contribution >= 4 is 0 Å². The monoisotopic (exact) mass is 255 g/mol. The number of rotatable bonds is 7. The van der Waals surface area contributed by atoms with Crippen LogP contribution >= 0.6 is 0 Å². The third-order valence-corrected chi connectivity index (χ3v) is 3.47. The van der Waals surface area contributed by atoms with Crippen molar-refractivity contribution in [1.82, 2.24) is 15.3 Å². The van der Waals surface area contributed by atoms with Crippen LogP contribution < -0.4 is 5.32 Å². The molecule has 0 aliphatic heterocycles. The van der Waals surface area contributed by atoms with E-state index in [1.165, 1.54) is 11.1 Å². The summed E-state index contributed by atoms with van der Waals surface area (Å²) in [6.07, 6.45) is 12.0. The van der Waals surface area contributed by atoms with Crippen molar-refractivity contribution in [1.29, 1.82) is 0 Å². The molecule has 0 radical (unpaired) electrons. The molecule has 0 aliphatic rings. The minimum atomic E-state index is 0.557. The van der Waals surface area contributed by atoms with Gasteiger partial charge in [-0.25, -0.2) is 0 Å². The first kappa shape index (κ1) is 13.7. The first-order valence-electron chi connectivity index (χ1n) is 6.83. The average Bonchev–Trinajstić information content (AvgIpc) is 2.49. The molecule has 0 amide bonds. The van der Waals surface area contributed by atoms with Crippen LogP contribution in [0, 0.1) is 0 Å². The lowest BCUT2D eigenvalue weighted by atomic mass is 10.00. The van der Waals surface area contributed by atoms with E-state index in [2.05, 4.69) is 39.6 Å². The Balaban J connectivity index is 1.77. The molecular weight excluding hydrogens is 234 g/mol. The fourth-order valence-electron chi connectivity index (χ4n) is 2.21. The summed E-state index contributed by atoms with van der Waals surface area (Å²) < 4.78 is 0. The summed E-state index contributed by atoms with van der Waals surface area (Å²) >= 11 is 0. The summed E-state index contributed by atoms with van der Waals surface area (Å²) in [6, 6.07) is 8.93. The van der Waals surface area contributed by atoms with Gasteiger partial charge in [0.2, 0.25) is 0 Å². The Hall–Kier alpha value is -1.74. The molecule has 2 rings (SSSR count). The van der Waals surface area contributed by atoms with Gasteiger partial charge in [-0.2, -0.15) is 0 Å². The van der Waals surface area contributed by atoms with Gasteiger partial charge in [0.1, 0.15) is 0 Å². The second kappa shape index (κ2) is 7.64. The number of nitrogens with one attached hydrogen (secondary N) is 1. The second-order valence-corrected chi connectivity index (χ2v) is 4.77. The Labute approximate surface area is 115 Å². The van der Waals surface area contributed by atoms with Crippen molar-refractivity contribution in [3.05, 3.63) is 60.2 Å². The largest absolute Gasteiger partial charge is 0.317 e. The molecule has 3 nitrogen and oxygen atoms in total. The van der Waals surface area contributed by atoms with Gasteiger partial charge in [-0.15, -0.1) is 0 Å².